The maximum atomic E-state index is 6.28. The van der Waals surface area contributed by atoms with Crippen molar-refractivity contribution in [3.63, 3.8) is 0 Å². The van der Waals surface area contributed by atoms with Crippen LogP contribution in [0, 0.1) is 5.92 Å². The lowest BCUT2D eigenvalue weighted by atomic mass is 9.78. The van der Waals surface area contributed by atoms with Crippen molar-refractivity contribution in [3.8, 4) is 0 Å². The van der Waals surface area contributed by atoms with E-state index in [0.29, 0.717) is 17.0 Å². The summed E-state index contributed by atoms with van der Waals surface area (Å²) in [7, 11) is 0. The molecular weight excluding hydrogens is 262 g/mol. The van der Waals surface area contributed by atoms with E-state index in [0.717, 1.165) is 18.3 Å². The SMILES string of the molecule is NNc1ncc(Cl)c(N2CCCC3CCCCC32)n1. The summed E-state index contributed by atoms with van der Waals surface area (Å²) in [5, 5.41) is 0.616. The summed E-state index contributed by atoms with van der Waals surface area (Å²) in [4.78, 5) is 10.9. The highest BCUT2D eigenvalue weighted by molar-refractivity contribution is 6.32. The molecule has 2 atom stereocenters. The van der Waals surface area contributed by atoms with Gasteiger partial charge < -0.3 is 4.90 Å². The molecule has 0 amide bonds. The molecule has 2 unspecified atom stereocenters. The average molecular weight is 282 g/mol. The van der Waals surface area contributed by atoms with E-state index < -0.39 is 0 Å². The summed E-state index contributed by atoms with van der Waals surface area (Å²) < 4.78 is 0. The van der Waals surface area contributed by atoms with Gasteiger partial charge in [-0.1, -0.05) is 24.4 Å². The lowest BCUT2D eigenvalue weighted by molar-refractivity contribution is 0.243. The average Bonchev–Trinajstić information content (AvgIpc) is 2.47. The predicted octanol–water partition coefficient (Wildman–Crippen LogP) is 2.57. The van der Waals surface area contributed by atoms with E-state index in [1.807, 2.05) is 0 Å². The largest absolute Gasteiger partial charge is 0.352 e. The third kappa shape index (κ3) is 2.49. The summed E-state index contributed by atoms with van der Waals surface area (Å²) in [5.74, 6) is 7.45. The fourth-order valence-corrected chi connectivity index (χ4v) is 3.72. The van der Waals surface area contributed by atoms with E-state index >= 15 is 0 Å². The second-order valence-corrected chi connectivity index (χ2v) is 5.86. The molecule has 6 heteroatoms. The molecule has 3 rings (SSSR count). The Balaban J connectivity index is 1.91. The molecule has 0 spiro atoms. The highest BCUT2D eigenvalue weighted by atomic mass is 35.5. The number of nitrogens with two attached hydrogens (primary N) is 1. The summed E-state index contributed by atoms with van der Waals surface area (Å²) >= 11 is 6.28. The summed E-state index contributed by atoms with van der Waals surface area (Å²) in [6.07, 6.45) is 9.44. The van der Waals surface area contributed by atoms with E-state index in [-0.39, 0.29) is 0 Å². The first-order valence-corrected chi connectivity index (χ1v) is 7.43. The Morgan fingerprint density at radius 1 is 1.26 bits per heavy atom. The molecule has 1 aromatic heterocycles. The van der Waals surface area contributed by atoms with E-state index in [4.69, 9.17) is 17.4 Å². The first-order valence-electron chi connectivity index (χ1n) is 7.05. The Bertz CT molecular complexity index is 451. The van der Waals surface area contributed by atoms with Crippen LogP contribution in [0.2, 0.25) is 5.02 Å². The van der Waals surface area contributed by atoms with Crippen molar-refractivity contribution >= 4 is 23.4 Å². The molecule has 1 aliphatic carbocycles. The standard InChI is InChI=1S/C13H20ClN5/c14-10-8-16-13(18-15)17-12(10)19-7-3-5-9-4-1-2-6-11(9)19/h8-9,11H,1-7,15H2,(H,16,17,18). The van der Waals surface area contributed by atoms with Crippen LogP contribution in [0.15, 0.2) is 6.20 Å². The lowest BCUT2D eigenvalue weighted by Crippen LogP contribution is -2.47. The first kappa shape index (κ1) is 12.9. The van der Waals surface area contributed by atoms with Crippen molar-refractivity contribution in [1.29, 1.82) is 0 Å². The molecule has 3 N–H and O–H groups in total. The topological polar surface area (TPSA) is 67.1 Å². The van der Waals surface area contributed by atoms with Crippen molar-refractivity contribution in [3.05, 3.63) is 11.2 Å². The van der Waals surface area contributed by atoms with Crippen LogP contribution in [0.1, 0.15) is 38.5 Å². The zero-order valence-electron chi connectivity index (χ0n) is 11.0. The van der Waals surface area contributed by atoms with Crippen LogP contribution in [-0.4, -0.2) is 22.6 Å². The molecule has 1 saturated heterocycles. The van der Waals surface area contributed by atoms with Gasteiger partial charge in [-0.25, -0.2) is 10.8 Å². The Morgan fingerprint density at radius 3 is 2.89 bits per heavy atom. The molecular formula is C13H20ClN5. The van der Waals surface area contributed by atoms with Gasteiger partial charge in [-0.2, -0.15) is 4.98 Å². The minimum Gasteiger partial charge on any atom is -0.352 e. The number of hydrazine groups is 1. The van der Waals surface area contributed by atoms with Crippen molar-refractivity contribution in [2.24, 2.45) is 11.8 Å². The Morgan fingerprint density at radius 2 is 2.05 bits per heavy atom. The molecule has 1 saturated carbocycles. The van der Waals surface area contributed by atoms with E-state index in [1.165, 1.54) is 38.5 Å². The van der Waals surface area contributed by atoms with Crippen LogP contribution in [0.5, 0.6) is 0 Å². The zero-order valence-corrected chi connectivity index (χ0v) is 11.7. The Labute approximate surface area is 118 Å². The van der Waals surface area contributed by atoms with Crippen molar-refractivity contribution in [2.45, 2.75) is 44.6 Å². The highest BCUT2D eigenvalue weighted by Gasteiger charge is 2.34. The second-order valence-electron chi connectivity index (χ2n) is 5.46. The number of nitrogens with one attached hydrogen (secondary N) is 1. The van der Waals surface area contributed by atoms with E-state index in [1.54, 1.807) is 6.20 Å². The molecule has 2 heterocycles. The van der Waals surface area contributed by atoms with Crippen molar-refractivity contribution in [1.82, 2.24) is 9.97 Å². The second kappa shape index (κ2) is 5.51. The van der Waals surface area contributed by atoms with Crippen molar-refractivity contribution in [2.75, 3.05) is 16.9 Å². The monoisotopic (exact) mass is 281 g/mol. The molecule has 0 bridgehead atoms. The minimum absolute atomic E-state index is 0.428. The smallest absolute Gasteiger partial charge is 0.239 e. The van der Waals surface area contributed by atoms with Crippen LogP contribution in [0.3, 0.4) is 0 Å². The van der Waals surface area contributed by atoms with Gasteiger partial charge in [-0.15, -0.1) is 0 Å². The number of rotatable bonds is 2. The van der Waals surface area contributed by atoms with Gasteiger partial charge in [0.05, 0.1) is 6.20 Å². The fraction of sp³-hybridized carbons (Fsp3) is 0.692. The maximum absolute atomic E-state index is 6.28. The van der Waals surface area contributed by atoms with Gasteiger partial charge in [0.2, 0.25) is 5.95 Å². The molecule has 1 aromatic rings. The number of halogens is 1. The number of nitrogen functional groups attached to an aromatic ring is 1. The number of nitrogens with zero attached hydrogens (tertiary/aromatic N) is 3. The zero-order chi connectivity index (χ0) is 13.2. The number of anilines is 2. The molecule has 2 fully saturated rings. The van der Waals surface area contributed by atoms with E-state index in [9.17, 15) is 0 Å². The van der Waals surface area contributed by atoms with Crippen LogP contribution in [0.4, 0.5) is 11.8 Å². The number of aromatic nitrogens is 2. The molecule has 104 valence electrons. The maximum Gasteiger partial charge on any atom is 0.239 e. The Kier molecular flexibility index (Phi) is 3.75. The molecule has 1 aliphatic heterocycles. The normalized spacial score (nSPS) is 26.9. The molecule has 5 nitrogen and oxygen atoms in total. The molecule has 0 aromatic carbocycles. The number of hydrogen-bond donors (Lipinski definition) is 2. The van der Waals surface area contributed by atoms with Crippen molar-refractivity contribution < 1.29 is 0 Å². The molecule has 19 heavy (non-hydrogen) atoms. The van der Waals surface area contributed by atoms with Crippen LogP contribution < -0.4 is 16.2 Å². The predicted molar refractivity (Wildman–Crippen MR) is 77.2 cm³/mol. The summed E-state index contributed by atoms with van der Waals surface area (Å²) in [6, 6.07) is 0.584. The third-order valence-electron chi connectivity index (χ3n) is 4.37. The quantitative estimate of drug-likeness (QED) is 0.644. The van der Waals surface area contributed by atoms with Gasteiger partial charge >= 0.3 is 0 Å². The van der Waals surface area contributed by atoms with Gasteiger partial charge in [0.25, 0.3) is 0 Å². The van der Waals surface area contributed by atoms with E-state index in [2.05, 4.69) is 20.3 Å². The van der Waals surface area contributed by atoms with Crippen LogP contribution in [0.25, 0.3) is 0 Å². The van der Waals surface area contributed by atoms with Gasteiger partial charge in [-0.3, -0.25) is 5.43 Å². The van der Waals surface area contributed by atoms with Gasteiger partial charge in [-0.05, 0) is 31.6 Å². The van der Waals surface area contributed by atoms with Gasteiger partial charge in [0.15, 0.2) is 5.82 Å². The van der Waals surface area contributed by atoms with Crippen LogP contribution >= 0.6 is 11.6 Å². The molecule has 2 aliphatic rings. The summed E-state index contributed by atoms with van der Waals surface area (Å²) in [6.45, 7) is 1.03. The summed E-state index contributed by atoms with van der Waals surface area (Å²) in [5.41, 5.74) is 2.50. The highest BCUT2D eigenvalue weighted by Crippen LogP contribution is 2.39. The fourth-order valence-electron chi connectivity index (χ4n) is 3.52. The number of piperidine rings is 1. The minimum atomic E-state index is 0.428. The lowest BCUT2D eigenvalue weighted by Gasteiger charge is -2.45. The Hall–Kier alpha value is -1.07. The number of fused-ring (bicyclic) bond motifs is 1. The molecule has 0 radical (unpaired) electrons. The van der Waals surface area contributed by atoms with Crippen LogP contribution in [-0.2, 0) is 0 Å². The third-order valence-corrected chi connectivity index (χ3v) is 4.64. The van der Waals surface area contributed by atoms with Gasteiger partial charge in [0, 0.05) is 12.6 Å². The van der Waals surface area contributed by atoms with Gasteiger partial charge in [0.1, 0.15) is 5.02 Å². The first-order chi connectivity index (χ1) is 9.29. The number of hydrogen-bond acceptors (Lipinski definition) is 5.